The molecule has 1 saturated heterocycles. The third-order valence-corrected chi connectivity index (χ3v) is 3.25. The van der Waals surface area contributed by atoms with Crippen LogP contribution in [0.25, 0.3) is 0 Å². The van der Waals surface area contributed by atoms with Crippen molar-refractivity contribution in [1.82, 2.24) is 0 Å². The van der Waals surface area contributed by atoms with E-state index in [9.17, 15) is 0 Å². The van der Waals surface area contributed by atoms with Gasteiger partial charge < -0.3 is 9.47 Å². The Labute approximate surface area is 92.6 Å². The van der Waals surface area contributed by atoms with E-state index in [1.165, 1.54) is 50.5 Å². The second-order valence-corrected chi connectivity index (χ2v) is 4.61. The minimum Gasteiger partial charge on any atom is -0.376 e. The zero-order valence-corrected chi connectivity index (χ0v) is 9.54. The summed E-state index contributed by atoms with van der Waals surface area (Å²) in [5, 5.41) is 0. The second kappa shape index (κ2) is 6.29. The van der Waals surface area contributed by atoms with Crippen LogP contribution < -0.4 is 0 Å². The lowest BCUT2D eigenvalue weighted by Gasteiger charge is -2.23. The van der Waals surface area contributed by atoms with Gasteiger partial charge in [0.15, 0.2) is 0 Å². The molecular weight excluding hydrogens is 188 g/mol. The van der Waals surface area contributed by atoms with Crippen LogP contribution >= 0.6 is 0 Å². The fraction of sp³-hybridized carbons (Fsp3) is 0.846. The van der Waals surface area contributed by atoms with E-state index in [-0.39, 0.29) is 0 Å². The number of hydrogen-bond donors (Lipinski definition) is 0. The Balaban J connectivity index is 1.59. The van der Waals surface area contributed by atoms with Crippen LogP contribution in [0.5, 0.6) is 0 Å². The van der Waals surface area contributed by atoms with Crippen molar-refractivity contribution in [1.29, 1.82) is 0 Å². The van der Waals surface area contributed by atoms with Gasteiger partial charge in [0.25, 0.3) is 0 Å². The predicted molar refractivity (Wildman–Crippen MR) is 61.0 cm³/mol. The summed E-state index contributed by atoms with van der Waals surface area (Å²) in [6, 6.07) is 0. The number of allylic oxidation sites excluding steroid dienone is 1. The van der Waals surface area contributed by atoms with Gasteiger partial charge >= 0.3 is 0 Å². The highest BCUT2D eigenvalue weighted by Crippen LogP contribution is 2.18. The Morgan fingerprint density at radius 3 is 3.00 bits per heavy atom. The van der Waals surface area contributed by atoms with Gasteiger partial charge in [-0.1, -0.05) is 6.08 Å². The smallest absolute Gasteiger partial charge is 0.0808 e. The van der Waals surface area contributed by atoms with E-state index in [2.05, 4.69) is 6.08 Å². The summed E-state index contributed by atoms with van der Waals surface area (Å²) in [5.74, 6) is 0. The van der Waals surface area contributed by atoms with E-state index in [0.29, 0.717) is 6.10 Å². The van der Waals surface area contributed by atoms with Gasteiger partial charge in [0.2, 0.25) is 0 Å². The molecule has 1 atom stereocenters. The molecule has 0 aromatic carbocycles. The minimum atomic E-state index is 0.364. The molecule has 0 aromatic rings. The van der Waals surface area contributed by atoms with Gasteiger partial charge in [0, 0.05) is 6.61 Å². The highest BCUT2D eigenvalue weighted by molar-refractivity contribution is 5.05. The van der Waals surface area contributed by atoms with Crippen molar-refractivity contribution in [3.63, 3.8) is 0 Å². The highest BCUT2D eigenvalue weighted by Gasteiger charge is 2.14. The molecule has 0 spiro atoms. The lowest BCUT2D eigenvalue weighted by atomic mass is 10.0. The fourth-order valence-corrected chi connectivity index (χ4v) is 2.30. The van der Waals surface area contributed by atoms with Gasteiger partial charge in [-0.2, -0.15) is 0 Å². The summed E-state index contributed by atoms with van der Waals surface area (Å²) >= 11 is 0. The standard InChI is InChI=1S/C13H22O2/c1-2-6-12(7-3-1)10-14-11-13-8-4-5-9-15-13/h6,13H,1-5,7-11H2/t13-/m1/s1. The molecule has 1 aliphatic carbocycles. The summed E-state index contributed by atoms with van der Waals surface area (Å²) in [5.41, 5.74) is 1.50. The Morgan fingerprint density at radius 1 is 1.27 bits per heavy atom. The molecule has 2 nitrogen and oxygen atoms in total. The van der Waals surface area contributed by atoms with Crippen molar-refractivity contribution in [2.24, 2.45) is 0 Å². The normalized spacial score (nSPS) is 27.5. The van der Waals surface area contributed by atoms with Gasteiger partial charge in [-0.25, -0.2) is 0 Å². The largest absolute Gasteiger partial charge is 0.376 e. The molecule has 0 N–H and O–H groups in total. The molecule has 15 heavy (non-hydrogen) atoms. The van der Waals surface area contributed by atoms with Crippen LogP contribution in [0.15, 0.2) is 11.6 Å². The maximum Gasteiger partial charge on any atom is 0.0808 e. The summed E-state index contributed by atoms with van der Waals surface area (Å²) in [7, 11) is 0. The highest BCUT2D eigenvalue weighted by atomic mass is 16.5. The van der Waals surface area contributed by atoms with Crippen LogP contribution in [0.2, 0.25) is 0 Å². The van der Waals surface area contributed by atoms with E-state index in [1.807, 2.05) is 0 Å². The van der Waals surface area contributed by atoms with Crippen LogP contribution in [0, 0.1) is 0 Å². The van der Waals surface area contributed by atoms with Crippen molar-refractivity contribution >= 4 is 0 Å². The van der Waals surface area contributed by atoms with Gasteiger partial charge in [-0.15, -0.1) is 0 Å². The maximum absolute atomic E-state index is 5.72. The lowest BCUT2D eigenvalue weighted by molar-refractivity contribution is -0.0368. The zero-order valence-electron chi connectivity index (χ0n) is 9.54. The Hall–Kier alpha value is -0.340. The molecular formula is C13H22O2. The Morgan fingerprint density at radius 2 is 2.27 bits per heavy atom. The quantitative estimate of drug-likeness (QED) is 0.664. The summed E-state index contributed by atoms with van der Waals surface area (Å²) < 4.78 is 11.3. The molecule has 0 aromatic heterocycles. The molecule has 0 bridgehead atoms. The average Bonchev–Trinajstić information content (AvgIpc) is 2.32. The summed E-state index contributed by atoms with van der Waals surface area (Å²) in [6.45, 7) is 2.55. The number of rotatable bonds is 4. The molecule has 0 amide bonds. The first-order valence-corrected chi connectivity index (χ1v) is 6.32. The van der Waals surface area contributed by atoms with Crippen LogP contribution in [-0.4, -0.2) is 25.9 Å². The molecule has 0 unspecified atom stereocenters. The molecule has 1 heterocycles. The zero-order chi connectivity index (χ0) is 10.3. The van der Waals surface area contributed by atoms with Crippen LogP contribution in [0.3, 0.4) is 0 Å². The second-order valence-electron chi connectivity index (χ2n) is 4.61. The van der Waals surface area contributed by atoms with Crippen molar-refractivity contribution in [2.45, 2.75) is 51.0 Å². The van der Waals surface area contributed by atoms with Gasteiger partial charge in [0.1, 0.15) is 0 Å². The Bertz CT molecular complexity index is 205. The summed E-state index contributed by atoms with van der Waals surface area (Å²) in [4.78, 5) is 0. The van der Waals surface area contributed by atoms with Crippen LogP contribution in [-0.2, 0) is 9.47 Å². The molecule has 0 radical (unpaired) electrons. The molecule has 1 fully saturated rings. The van der Waals surface area contributed by atoms with Crippen LogP contribution in [0.1, 0.15) is 44.9 Å². The first-order chi connectivity index (χ1) is 7.45. The molecule has 0 saturated carbocycles. The monoisotopic (exact) mass is 210 g/mol. The molecule has 1 aliphatic heterocycles. The fourth-order valence-electron chi connectivity index (χ4n) is 2.30. The van der Waals surface area contributed by atoms with E-state index in [0.717, 1.165) is 19.8 Å². The maximum atomic E-state index is 5.72. The SMILES string of the molecule is C1=C(COC[C@H]2CCCCO2)CCCC1. The summed E-state index contributed by atoms with van der Waals surface area (Å²) in [6.07, 6.45) is 11.6. The lowest BCUT2D eigenvalue weighted by Crippen LogP contribution is -2.24. The van der Waals surface area contributed by atoms with Crippen LogP contribution in [0.4, 0.5) is 0 Å². The molecule has 2 heteroatoms. The van der Waals surface area contributed by atoms with E-state index in [1.54, 1.807) is 0 Å². The van der Waals surface area contributed by atoms with Crippen molar-refractivity contribution < 1.29 is 9.47 Å². The van der Waals surface area contributed by atoms with Gasteiger partial charge in [0.05, 0.1) is 19.3 Å². The molecule has 86 valence electrons. The van der Waals surface area contributed by atoms with Crippen molar-refractivity contribution in [2.75, 3.05) is 19.8 Å². The van der Waals surface area contributed by atoms with Crippen molar-refractivity contribution in [3.8, 4) is 0 Å². The number of hydrogen-bond acceptors (Lipinski definition) is 2. The third-order valence-electron chi connectivity index (χ3n) is 3.25. The van der Waals surface area contributed by atoms with Crippen molar-refractivity contribution in [3.05, 3.63) is 11.6 Å². The topological polar surface area (TPSA) is 18.5 Å². The third kappa shape index (κ3) is 3.96. The molecule has 2 rings (SSSR count). The first kappa shape index (κ1) is 11.2. The number of ether oxygens (including phenoxy) is 2. The predicted octanol–water partition coefficient (Wildman–Crippen LogP) is 3.07. The van der Waals surface area contributed by atoms with Gasteiger partial charge in [-0.05, 0) is 50.5 Å². The minimum absolute atomic E-state index is 0.364. The molecule has 2 aliphatic rings. The average molecular weight is 210 g/mol. The first-order valence-electron chi connectivity index (χ1n) is 6.32. The Kier molecular flexibility index (Phi) is 4.68. The van der Waals surface area contributed by atoms with E-state index < -0.39 is 0 Å². The van der Waals surface area contributed by atoms with E-state index >= 15 is 0 Å². The van der Waals surface area contributed by atoms with Gasteiger partial charge in [-0.3, -0.25) is 0 Å². The van der Waals surface area contributed by atoms with E-state index in [4.69, 9.17) is 9.47 Å².